The van der Waals surface area contributed by atoms with Crippen molar-refractivity contribution in [3.8, 4) is 0 Å². The molecule has 1 atom stereocenters. The summed E-state index contributed by atoms with van der Waals surface area (Å²) >= 11 is 1.10. The smallest absolute Gasteiger partial charge is 0.343 e. The van der Waals surface area contributed by atoms with E-state index in [0.717, 1.165) is 23.7 Å². The van der Waals surface area contributed by atoms with Crippen molar-refractivity contribution in [2.75, 3.05) is 17.7 Å². The van der Waals surface area contributed by atoms with Crippen molar-refractivity contribution in [2.24, 2.45) is 0 Å². The predicted octanol–water partition coefficient (Wildman–Crippen LogP) is 2.96. The lowest BCUT2D eigenvalue weighted by Gasteiger charge is -2.14. The molecule has 2 rings (SSSR count). The Morgan fingerprint density at radius 2 is 2.04 bits per heavy atom. The topological polar surface area (TPSA) is 80.3 Å². The van der Waals surface area contributed by atoms with E-state index in [1.807, 2.05) is 0 Å². The zero-order chi connectivity index (χ0) is 17.9. The van der Waals surface area contributed by atoms with E-state index in [1.54, 1.807) is 14.0 Å². The van der Waals surface area contributed by atoms with Crippen LogP contribution in [-0.4, -0.2) is 29.4 Å². The summed E-state index contributed by atoms with van der Waals surface area (Å²) in [6.45, 7) is 3.00. The predicted molar refractivity (Wildman–Crippen MR) is 86.3 cm³/mol. The van der Waals surface area contributed by atoms with Gasteiger partial charge < -0.3 is 15.4 Å². The van der Waals surface area contributed by atoms with Crippen molar-refractivity contribution < 1.29 is 23.1 Å². The fourth-order valence-corrected chi connectivity index (χ4v) is 2.61. The van der Waals surface area contributed by atoms with Crippen LogP contribution in [-0.2, 0) is 9.53 Å². The minimum atomic E-state index is -1.18. The maximum Gasteiger partial charge on any atom is 0.343 e. The van der Waals surface area contributed by atoms with Crippen LogP contribution in [0.4, 0.5) is 19.5 Å². The fraction of sp³-hybridized carbons (Fsp3) is 0.267. The van der Waals surface area contributed by atoms with Gasteiger partial charge in [-0.25, -0.2) is 13.6 Å². The summed E-state index contributed by atoms with van der Waals surface area (Å²) in [6.07, 6.45) is -1.18. The molecule has 1 aromatic heterocycles. The number of esters is 1. The second kappa shape index (κ2) is 7.35. The van der Waals surface area contributed by atoms with Crippen LogP contribution in [0.15, 0.2) is 18.2 Å². The molecule has 6 nitrogen and oxygen atoms in total. The summed E-state index contributed by atoms with van der Waals surface area (Å²) in [5.74, 6) is -3.13. The lowest BCUT2D eigenvalue weighted by Crippen LogP contribution is -2.30. The summed E-state index contributed by atoms with van der Waals surface area (Å²) in [6, 6.07) is 2.74. The SMILES string of the molecule is CNc1snc(C)c1C(=O)OC(C)C(=O)Nc1ccc(F)cc1F. The van der Waals surface area contributed by atoms with Gasteiger partial charge in [0.1, 0.15) is 22.2 Å². The molecule has 0 aliphatic heterocycles. The van der Waals surface area contributed by atoms with Gasteiger partial charge in [-0.05, 0) is 37.5 Å². The van der Waals surface area contributed by atoms with Gasteiger partial charge in [-0.2, -0.15) is 4.37 Å². The van der Waals surface area contributed by atoms with Gasteiger partial charge in [0, 0.05) is 13.1 Å². The first kappa shape index (κ1) is 17.8. The van der Waals surface area contributed by atoms with Gasteiger partial charge in [0.2, 0.25) is 0 Å². The highest BCUT2D eigenvalue weighted by Crippen LogP contribution is 2.25. The molecule has 0 aliphatic carbocycles. The number of rotatable bonds is 5. The monoisotopic (exact) mass is 355 g/mol. The molecule has 0 radical (unpaired) electrons. The van der Waals surface area contributed by atoms with Crippen LogP contribution in [0.1, 0.15) is 23.0 Å². The Kier molecular flexibility index (Phi) is 5.45. The minimum Gasteiger partial charge on any atom is -0.449 e. The molecule has 1 heterocycles. The Morgan fingerprint density at radius 1 is 1.33 bits per heavy atom. The quantitative estimate of drug-likeness (QED) is 0.806. The normalized spacial score (nSPS) is 11.7. The van der Waals surface area contributed by atoms with E-state index < -0.39 is 29.6 Å². The van der Waals surface area contributed by atoms with Gasteiger partial charge in [0.15, 0.2) is 6.10 Å². The summed E-state index contributed by atoms with van der Waals surface area (Å²) in [4.78, 5) is 24.2. The van der Waals surface area contributed by atoms with Gasteiger partial charge >= 0.3 is 5.97 Å². The maximum atomic E-state index is 13.5. The highest BCUT2D eigenvalue weighted by molar-refractivity contribution is 7.10. The number of ether oxygens (including phenoxy) is 1. The number of hydrogen-bond donors (Lipinski definition) is 2. The number of hydrogen-bond acceptors (Lipinski definition) is 6. The zero-order valence-electron chi connectivity index (χ0n) is 13.1. The average molecular weight is 355 g/mol. The number of nitrogens with one attached hydrogen (secondary N) is 2. The number of carbonyl (C=O) groups is 2. The van der Waals surface area contributed by atoms with Crippen molar-refractivity contribution in [1.29, 1.82) is 0 Å². The van der Waals surface area contributed by atoms with E-state index in [2.05, 4.69) is 15.0 Å². The van der Waals surface area contributed by atoms with E-state index >= 15 is 0 Å². The van der Waals surface area contributed by atoms with Gasteiger partial charge in [0.25, 0.3) is 5.91 Å². The van der Waals surface area contributed by atoms with Gasteiger partial charge in [-0.3, -0.25) is 4.79 Å². The number of nitrogens with zero attached hydrogens (tertiary/aromatic N) is 1. The van der Waals surface area contributed by atoms with Crippen molar-refractivity contribution >= 4 is 34.1 Å². The maximum absolute atomic E-state index is 13.5. The van der Waals surface area contributed by atoms with Gasteiger partial charge in [-0.1, -0.05) is 0 Å². The van der Waals surface area contributed by atoms with Crippen LogP contribution in [0, 0.1) is 18.6 Å². The molecule has 0 fully saturated rings. The molecular weight excluding hydrogens is 340 g/mol. The minimum absolute atomic E-state index is 0.200. The van der Waals surface area contributed by atoms with Gasteiger partial charge in [-0.15, -0.1) is 0 Å². The Hall–Kier alpha value is -2.55. The summed E-state index contributed by atoms with van der Waals surface area (Å²) < 4.78 is 35.5. The summed E-state index contributed by atoms with van der Waals surface area (Å²) in [5, 5.41) is 5.59. The Labute approximate surface area is 141 Å². The van der Waals surface area contributed by atoms with Crippen LogP contribution in [0.25, 0.3) is 0 Å². The third-order valence-electron chi connectivity index (χ3n) is 3.14. The molecule has 2 N–H and O–H groups in total. The van der Waals surface area contributed by atoms with Crippen molar-refractivity contribution in [1.82, 2.24) is 4.37 Å². The molecule has 1 aromatic carbocycles. The van der Waals surface area contributed by atoms with Crippen LogP contribution in [0.5, 0.6) is 0 Å². The molecule has 0 bridgehead atoms. The molecule has 0 saturated carbocycles. The molecule has 128 valence electrons. The van der Waals surface area contributed by atoms with Crippen LogP contribution < -0.4 is 10.6 Å². The molecule has 1 unspecified atom stereocenters. The summed E-state index contributed by atoms with van der Waals surface area (Å²) in [5.41, 5.74) is 0.523. The van der Waals surface area contributed by atoms with Crippen LogP contribution in [0.3, 0.4) is 0 Å². The van der Waals surface area contributed by atoms with E-state index in [9.17, 15) is 18.4 Å². The first-order chi connectivity index (χ1) is 11.3. The number of amides is 1. The number of anilines is 2. The Balaban J connectivity index is 2.06. The molecule has 0 aliphatic rings. The zero-order valence-corrected chi connectivity index (χ0v) is 14.0. The molecule has 24 heavy (non-hydrogen) atoms. The van der Waals surface area contributed by atoms with E-state index in [4.69, 9.17) is 4.74 Å². The molecule has 2 aromatic rings. The lowest BCUT2D eigenvalue weighted by atomic mass is 10.2. The largest absolute Gasteiger partial charge is 0.449 e. The lowest BCUT2D eigenvalue weighted by molar-refractivity contribution is -0.123. The van der Waals surface area contributed by atoms with Gasteiger partial charge in [0.05, 0.1) is 11.4 Å². The highest BCUT2D eigenvalue weighted by Gasteiger charge is 2.24. The average Bonchev–Trinajstić information content (AvgIpc) is 2.90. The summed E-state index contributed by atoms with van der Waals surface area (Å²) in [7, 11) is 1.64. The molecular formula is C15H15F2N3O3S. The number of benzene rings is 1. The first-order valence-electron chi connectivity index (χ1n) is 6.94. The number of halogens is 2. The molecule has 0 spiro atoms. The van der Waals surface area contributed by atoms with Crippen molar-refractivity contribution in [3.63, 3.8) is 0 Å². The molecule has 9 heteroatoms. The second-order valence-electron chi connectivity index (χ2n) is 4.88. The third kappa shape index (κ3) is 3.85. The number of aromatic nitrogens is 1. The number of aryl methyl sites for hydroxylation is 1. The van der Waals surface area contributed by atoms with E-state index in [-0.39, 0.29) is 11.3 Å². The third-order valence-corrected chi connectivity index (χ3v) is 4.09. The number of carbonyl (C=O) groups excluding carboxylic acids is 2. The van der Waals surface area contributed by atoms with Crippen LogP contribution in [0.2, 0.25) is 0 Å². The Morgan fingerprint density at radius 3 is 2.67 bits per heavy atom. The second-order valence-corrected chi connectivity index (χ2v) is 5.66. The van der Waals surface area contributed by atoms with E-state index in [0.29, 0.717) is 16.8 Å². The highest BCUT2D eigenvalue weighted by atomic mass is 32.1. The molecule has 1 amide bonds. The standard InChI is InChI=1S/C15H15F2N3O3S/c1-7-12(14(18-3)24-20-7)15(22)23-8(2)13(21)19-11-5-4-9(16)6-10(11)17/h4-6,8,18H,1-3H3,(H,19,21). The van der Waals surface area contributed by atoms with Crippen molar-refractivity contribution in [2.45, 2.75) is 20.0 Å². The first-order valence-corrected chi connectivity index (χ1v) is 7.71. The Bertz CT molecular complexity index is 779. The van der Waals surface area contributed by atoms with Crippen LogP contribution >= 0.6 is 11.5 Å². The molecule has 0 saturated heterocycles. The van der Waals surface area contributed by atoms with E-state index in [1.165, 1.54) is 6.92 Å². The fourth-order valence-electron chi connectivity index (χ4n) is 1.88. The van der Waals surface area contributed by atoms with Crippen molar-refractivity contribution in [3.05, 3.63) is 41.1 Å².